The van der Waals surface area contributed by atoms with Crippen LogP contribution in [0.3, 0.4) is 0 Å². The molecule has 4 N–H and O–H groups in total. The molecule has 27 heavy (non-hydrogen) atoms. The SMILES string of the molecule is CCCOc1cc(NC(=O)NC(CC)CC)ccc1Oc1ccc(N)cc1. The van der Waals surface area contributed by atoms with Crippen LogP contribution < -0.4 is 25.8 Å². The number of anilines is 2. The standard InChI is InChI=1S/C21H29N3O3/c1-4-13-26-20-14-17(24-21(25)23-16(5-2)6-3)9-12-19(20)27-18-10-7-15(22)8-11-18/h7-12,14,16H,4-6,13,22H2,1-3H3,(H2,23,24,25). The predicted molar refractivity (Wildman–Crippen MR) is 110 cm³/mol. The van der Waals surface area contributed by atoms with Crippen molar-refractivity contribution >= 4 is 17.4 Å². The number of ether oxygens (including phenoxy) is 2. The van der Waals surface area contributed by atoms with Gasteiger partial charge in [-0.1, -0.05) is 20.8 Å². The minimum atomic E-state index is -0.225. The molecule has 0 aromatic heterocycles. The van der Waals surface area contributed by atoms with E-state index >= 15 is 0 Å². The van der Waals surface area contributed by atoms with E-state index in [-0.39, 0.29) is 12.1 Å². The minimum absolute atomic E-state index is 0.161. The van der Waals surface area contributed by atoms with Crippen LogP contribution >= 0.6 is 0 Å². The third-order valence-electron chi connectivity index (χ3n) is 4.09. The summed E-state index contributed by atoms with van der Waals surface area (Å²) in [5.41, 5.74) is 7.03. The Morgan fingerprint density at radius 1 is 1.04 bits per heavy atom. The largest absolute Gasteiger partial charge is 0.490 e. The van der Waals surface area contributed by atoms with Crippen molar-refractivity contribution in [2.75, 3.05) is 17.7 Å². The molecule has 0 radical (unpaired) electrons. The van der Waals surface area contributed by atoms with Crippen LogP contribution in [0.5, 0.6) is 17.2 Å². The van der Waals surface area contributed by atoms with Gasteiger partial charge in [0.05, 0.1) is 6.61 Å². The van der Waals surface area contributed by atoms with Crippen molar-refractivity contribution in [1.29, 1.82) is 0 Å². The van der Waals surface area contributed by atoms with Crippen LogP contribution in [-0.4, -0.2) is 18.7 Å². The second-order valence-corrected chi connectivity index (χ2v) is 6.29. The Morgan fingerprint density at radius 2 is 1.74 bits per heavy atom. The van der Waals surface area contributed by atoms with Gasteiger partial charge in [-0.3, -0.25) is 0 Å². The summed E-state index contributed by atoms with van der Waals surface area (Å²) >= 11 is 0. The van der Waals surface area contributed by atoms with Gasteiger partial charge in [-0.25, -0.2) is 4.79 Å². The Hall–Kier alpha value is -2.89. The Balaban J connectivity index is 2.13. The van der Waals surface area contributed by atoms with E-state index in [1.54, 1.807) is 42.5 Å². The minimum Gasteiger partial charge on any atom is -0.490 e. The second kappa shape index (κ2) is 10.3. The zero-order valence-electron chi connectivity index (χ0n) is 16.2. The lowest BCUT2D eigenvalue weighted by atomic mass is 10.2. The third kappa shape index (κ3) is 6.40. The van der Waals surface area contributed by atoms with Crippen molar-refractivity contribution in [2.45, 2.75) is 46.1 Å². The van der Waals surface area contributed by atoms with Crippen molar-refractivity contribution in [3.05, 3.63) is 42.5 Å². The summed E-state index contributed by atoms with van der Waals surface area (Å²) in [6, 6.07) is 12.4. The topological polar surface area (TPSA) is 85.6 Å². The summed E-state index contributed by atoms with van der Waals surface area (Å²) in [6.07, 6.45) is 2.65. The van der Waals surface area contributed by atoms with Gasteiger partial charge in [0.15, 0.2) is 11.5 Å². The summed E-state index contributed by atoms with van der Waals surface area (Å²) < 4.78 is 11.7. The molecule has 0 bridgehead atoms. The Bertz CT molecular complexity index is 728. The number of urea groups is 1. The van der Waals surface area contributed by atoms with E-state index < -0.39 is 0 Å². The normalized spacial score (nSPS) is 10.5. The number of nitrogens with two attached hydrogens (primary N) is 1. The smallest absolute Gasteiger partial charge is 0.319 e. The summed E-state index contributed by atoms with van der Waals surface area (Å²) in [6.45, 7) is 6.69. The number of hydrogen-bond donors (Lipinski definition) is 3. The molecule has 0 saturated carbocycles. The van der Waals surface area contributed by atoms with Gasteiger partial charge in [0.25, 0.3) is 0 Å². The first-order chi connectivity index (χ1) is 13.0. The zero-order valence-corrected chi connectivity index (χ0v) is 16.2. The zero-order chi connectivity index (χ0) is 19.6. The van der Waals surface area contributed by atoms with E-state index in [1.165, 1.54) is 0 Å². The Labute approximate surface area is 161 Å². The summed E-state index contributed by atoms with van der Waals surface area (Å²) in [4.78, 5) is 12.2. The van der Waals surface area contributed by atoms with E-state index in [4.69, 9.17) is 15.2 Å². The quantitative estimate of drug-likeness (QED) is 0.531. The number of rotatable bonds is 9. The molecular formula is C21H29N3O3. The Morgan fingerprint density at radius 3 is 2.37 bits per heavy atom. The van der Waals surface area contributed by atoms with Crippen molar-refractivity contribution in [3.8, 4) is 17.2 Å². The number of hydrogen-bond acceptors (Lipinski definition) is 4. The van der Waals surface area contributed by atoms with E-state index in [1.807, 2.05) is 6.92 Å². The maximum atomic E-state index is 12.2. The van der Waals surface area contributed by atoms with Crippen LogP contribution in [-0.2, 0) is 0 Å². The molecule has 0 spiro atoms. The molecule has 2 amide bonds. The highest BCUT2D eigenvalue weighted by Gasteiger charge is 2.12. The van der Waals surface area contributed by atoms with E-state index in [9.17, 15) is 4.79 Å². The molecule has 146 valence electrons. The second-order valence-electron chi connectivity index (χ2n) is 6.29. The van der Waals surface area contributed by atoms with Crippen molar-refractivity contribution < 1.29 is 14.3 Å². The maximum Gasteiger partial charge on any atom is 0.319 e. The number of nitrogens with one attached hydrogen (secondary N) is 2. The molecule has 2 aromatic rings. The number of amides is 2. The van der Waals surface area contributed by atoms with Gasteiger partial charge in [0, 0.05) is 23.5 Å². The number of carbonyl (C=O) groups is 1. The molecule has 0 saturated heterocycles. The van der Waals surface area contributed by atoms with Crippen LogP contribution in [0, 0.1) is 0 Å². The molecule has 0 unspecified atom stereocenters. The molecular weight excluding hydrogens is 342 g/mol. The molecule has 0 aliphatic rings. The molecule has 0 aliphatic heterocycles. The van der Waals surface area contributed by atoms with Crippen LogP contribution in [0.15, 0.2) is 42.5 Å². The van der Waals surface area contributed by atoms with Crippen LogP contribution in [0.2, 0.25) is 0 Å². The molecule has 6 heteroatoms. The molecule has 0 aliphatic carbocycles. The molecule has 0 fully saturated rings. The fraction of sp³-hybridized carbons (Fsp3) is 0.381. The average Bonchev–Trinajstić information content (AvgIpc) is 2.67. The fourth-order valence-electron chi connectivity index (χ4n) is 2.50. The first-order valence-corrected chi connectivity index (χ1v) is 9.43. The summed E-state index contributed by atoms with van der Waals surface area (Å²) in [5.74, 6) is 1.82. The van der Waals surface area contributed by atoms with Gasteiger partial charge >= 0.3 is 6.03 Å². The van der Waals surface area contributed by atoms with Gasteiger partial charge in [-0.2, -0.15) is 0 Å². The lowest BCUT2D eigenvalue weighted by Gasteiger charge is -2.17. The highest BCUT2D eigenvalue weighted by atomic mass is 16.5. The molecule has 0 atom stereocenters. The van der Waals surface area contributed by atoms with Crippen molar-refractivity contribution in [2.24, 2.45) is 0 Å². The van der Waals surface area contributed by atoms with Gasteiger partial charge in [-0.15, -0.1) is 0 Å². The molecule has 2 aromatic carbocycles. The van der Waals surface area contributed by atoms with E-state index in [2.05, 4.69) is 24.5 Å². The summed E-state index contributed by atoms with van der Waals surface area (Å²) in [7, 11) is 0. The van der Waals surface area contributed by atoms with Crippen LogP contribution in [0.25, 0.3) is 0 Å². The number of nitrogen functional groups attached to an aromatic ring is 1. The van der Waals surface area contributed by atoms with E-state index in [0.717, 1.165) is 19.3 Å². The summed E-state index contributed by atoms with van der Waals surface area (Å²) in [5, 5.41) is 5.81. The van der Waals surface area contributed by atoms with E-state index in [0.29, 0.717) is 35.2 Å². The van der Waals surface area contributed by atoms with Gasteiger partial charge in [-0.05, 0) is 55.7 Å². The maximum absolute atomic E-state index is 12.2. The van der Waals surface area contributed by atoms with Gasteiger partial charge in [0.1, 0.15) is 5.75 Å². The highest BCUT2D eigenvalue weighted by Crippen LogP contribution is 2.34. The number of benzene rings is 2. The van der Waals surface area contributed by atoms with Gasteiger partial charge < -0.3 is 25.8 Å². The lowest BCUT2D eigenvalue weighted by molar-refractivity contribution is 0.247. The van der Waals surface area contributed by atoms with Crippen LogP contribution in [0.1, 0.15) is 40.0 Å². The average molecular weight is 371 g/mol. The monoisotopic (exact) mass is 371 g/mol. The predicted octanol–water partition coefficient (Wildman–Crippen LogP) is 5.16. The molecule has 0 heterocycles. The third-order valence-corrected chi connectivity index (χ3v) is 4.09. The van der Waals surface area contributed by atoms with Crippen molar-refractivity contribution in [1.82, 2.24) is 5.32 Å². The molecule has 2 rings (SSSR count). The number of carbonyl (C=O) groups excluding carboxylic acids is 1. The molecule has 6 nitrogen and oxygen atoms in total. The Kier molecular flexibility index (Phi) is 7.79. The highest BCUT2D eigenvalue weighted by molar-refractivity contribution is 5.89. The van der Waals surface area contributed by atoms with Gasteiger partial charge in [0.2, 0.25) is 0 Å². The first-order valence-electron chi connectivity index (χ1n) is 9.43. The first kappa shape index (κ1) is 20.4. The van der Waals surface area contributed by atoms with Crippen LogP contribution in [0.4, 0.5) is 16.2 Å². The van der Waals surface area contributed by atoms with Crippen molar-refractivity contribution in [3.63, 3.8) is 0 Å². The lowest BCUT2D eigenvalue weighted by Crippen LogP contribution is -2.37. The fourth-order valence-corrected chi connectivity index (χ4v) is 2.50.